The Morgan fingerprint density at radius 3 is 0.342 bits per heavy atom. The fourth-order valence-electron chi connectivity index (χ4n) is 16.1. The fourth-order valence-corrected chi connectivity index (χ4v) is 16.1. The Bertz CT molecular complexity index is 5530. The lowest BCUT2D eigenvalue weighted by Gasteiger charge is -2.32. The highest BCUT2D eigenvalue weighted by atomic mass is 14.7. The summed E-state index contributed by atoms with van der Waals surface area (Å²) in [5.74, 6) is 0. The van der Waals surface area contributed by atoms with Gasteiger partial charge in [-0.3, -0.25) is 29.9 Å². The van der Waals surface area contributed by atoms with Crippen LogP contribution in [-0.4, -0.2) is 29.9 Å². The molecule has 6 aromatic heterocycles. The highest BCUT2D eigenvalue weighted by Crippen LogP contribution is 2.62. The van der Waals surface area contributed by atoms with Crippen molar-refractivity contribution >= 4 is 0 Å². The Morgan fingerprint density at radius 1 is 0.0965 bits per heavy atom. The maximum absolute atomic E-state index is 5.34. The summed E-state index contributed by atoms with van der Waals surface area (Å²) < 4.78 is 0. The predicted molar refractivity (Wildman–Crippen MR) is 471 cm³/mol. The van der Waals surface area contributed by atoms with E-state index >= 15 is 0 Å². The second kappa shape index (κ2) is 31.4. The average molecular weight is 1450 g/mol. The van der Waals surface area contributed by atoms with Crippen LogP contribution in [0.4, 0.5) is 0 Å². The summed E-state index contributed by atoms with van der Waals surface area (Å²) >= 11 is 0. The molecule has 0 amide bonds. The molecule has 0 fully saturated rings. The first-order chi connectivity index (χ1) is 56.6. The molecular formula is C108H72N6. The molecule has 0 radical (unpaired) electrons. The van der Waals surface area contributed by atoms with E-state index in [-0.39, 0.29) is 0 Å². The number of hydrogen-bond acceptors (Lipinski definition) is 6. The van der Waals surface area contributed by atoms with Gasteiger partial charge in [-0.05, 0) is 137 Å². The van der Waals surface area contributed by atoms with E-state index < -0.39 is 0 Å². The zero-order chi connectivity index (χ0) is 75.9. The summed E-state index contributed by atoms with van der Waals surface area (Å²) in [6, 6.07) is 143. The molecule has 0 aliphatic heterocycles. The fraction of sp³-hybridized carbons (Fsp3) is 0. The molecule has 0 saturated carbocycles. The third-order valence-electron chi connectivity index (χ3n) is 21.5. The van der Waals surface area contributed by atoms with Crippen LogP contribution in [0.3, 0.4) is 0 Å². The van der Waals surface area contributed by atoms with Crippen LogP contribution in [-0.2, 0) is 0 Å². The van der Waals surface area contributed by atoms with Gasteiger partial charge in [0.05, 0.1) is 34.2 Å². The highest BCUT2D eigenvalue weighted by molar-refractivity contribution is 6.21. The number of aromatic nitrogens is 6. The van der Waals surface area contributed by atoms with Gasteiger partial charge < -0.3 is 0 Å². The largest absolute Gasteiger partial charge is 0.256 e. The quantitative estimate of drug-likeness (QED) is 0.0852. The van der Waals surface area contributed by atoms with E-state index in [0.29, 0.717) is 0 Å². The summed E-state index contributed by atoms with van der Waals surface area (Å²) in [4.78, 5) is 32.1. The topological polar surface area (TPSA) is 77.3 Å². The Kier molecular flexibility index (Phi) is 19.1. The molecule has 0 spiro atoms. The van der Waals surface area contributed by atoms with Crippen LogP contribution in [0.2, 0.25) is 0 Å². The van der Waals surface area contributed by atoms with Crippen molar-refractivity contribution in [3.05, 3.63) is 438 Å². The number of pyridine rings is 6. The second-order valence-electron chi connectivity index (χ2n) is 28.3. The summed E-state index contributed by atoms with van der Waals surface area (Å²) in [7, 11) is 0. The lowest BCUT2D eigenvalue weighted by molar-refractivity contribution is 1.32. The first-order valence-electron chi connectivity index (χ1n) is 38.5. The first kappa shape index (κ1) is 69.2. The Hall–Kier alpha value is -15.2. The van der Waals surface area contributed by atoms with Crippen molar-refractivity contribution in [3.63, 3.8) is 0 Å². The zero-order valence-electron chi connectivity index (χ0n) is 62.3. The number of nitrogens with zero attached hydrogens (tertiary/aromatic N) is 6. The molecular weight excluding hydrogens is 1380 g/mol. The van der Waals surface area contributed by atoms with E-state index in [0.717, 1.165) is 201 Å². The third-order valence-corrected chi connectivity index (χ3v) is 21.5. The van der Waals surface area contributed by atoms with Gasteiger partial charge in [0.15, 0.2) is 0 Å². The van der Waals surface area contributed by atoms with Gasteiger partial charge in [-0.15, -0.1) is 0 Å². The van der Waals surface area contributed by atoms with Crippen LogP contribution in [0.1, 0.15) is 0 Å². The third kappa shape index (κ3) is 13.7. The minimum absolute atomic E-state index is 0.878. The molecule has 114 heavy (non-hydrogen) atoms. The van der Waals surface area contributed by atoms with Crippen LogP contribution >= 0.6 is 0 Å². The van der Waals surface area contributed by atoms with E-state index in [1.165, 1.54) is 0 Å². The van der Waals surface area contributed by atoms with Crippen molar-refractivity contribution in [2.45, 2.75) is 0 Å². The molecule has 6 heterocycles. The second-order valence-corrected chi connectivity index (χ2v) is 28.3. The van der Waals surface area contributed by atoms with E-state index in [4.69, 9.17) is 29.9 Å². The predicted octanol–water partition coefficient (Wildman–Crippen LogP) is 28.1. The first-order valence-corrected chi connectivity index (χ1v) is 38.5. The summed E-state index contributed by atoms with van der Waals surface area (Å²) in [6.07, 6.45) is 12.3. The lowest BCUT2D eigenvalue weighted by Crippen LogP contribution is -2.06. The molecule has 0 aliphatic rings. The van der Waals surface area contributed by atoms with Gasteiger partial charge >= 0.3 is 0 Å². The van der Waals surface area contributed by atoms with Gasteiger partial charge in [-0.25, -0.2) is 0 Å². The van der Waals surface area contributed by atoms with Crippen molar-refractivity contribution in [2.75, 3.05) is 0 Å². The molecule has 19 aromatic rings. The lowest BCUT2D eigenvalue weighted by atomic mass is 9.70. The Balaban J connectivity index is 1.03. The smallest absolute Gasteiger partial charge is 0.0702 e. The maximum Gasteiger partial charge on any atom is 0.0702 e. The molecule has 534 valence electrons. The molecule has 0 N–H and O–H groups in total. The van der Waals surface area contributed by atoms with Gasteiger partial charge in [-0.2, -0.15) is 0 Å². The van der Waals surface area contributed by atoms with Crippen molar-refractivity contribution in [1.82, 2.24) is 29.9 Å². The van der Waals surface area contributed by atoms with Crippen LogP contribution in [0, 0.1) is 0 Å². The maximum atomic E-state index is 5.34. The molecule has 0 unspecified atom stereocenters. The summed E-state index contributed by atoms with van der Waals surface area (Å²) in [5, 5.41) is 0. The minimum atomic E-state index is 0.878. The molecule has 13 aromatic carbocycles. The van der Waals surface area contributed by atoms with Crippen LogP contribution in [0.15, 0.2) is 438 Å². The van der Waals surface area contributed by atoms with Crippen molar-refractivity contribution in [2.24, 2.45) is 0 Å². The van der Waals surface area contributed by atoms with E-state index in [1.807, 2.05) is 36.4 Å². The zero-order valence-corrected chi connectivity index (χ0v) is 62.3. The van der Waals surface area contributed by atoms with Gasteiger partial charge in [0.1, 0.15) is 0 Å². The van der Waals surface area contributed by atoms with Crippen LogP contribution in [0.25, 0.3) is 201 Å². The monoisotopic (exact) mass is 1450 g/mol. The molecule has 0 aliphatic carbocycles. The number of rotatable bonds is 18. The minimum Gasteiger partial charge on any atom is -0.256 e. The SMILES string of the molecule is c1ccc(-c2ccc(-c3ccccc3-c3c(-c4ccccc4-c4ccc(-c5ccccc5)nc4)c(-c4ccccc4-c4ccc(-c5ccccc5)nc4)c(-c4ccccc4-c4ccc(-c5ccccc5)nc4)c(-c4ccccc4-c4ccc(-c5ccccc5)nc4)c3-c3ccccc3-c3ccc(-c4ccccc4)nc3)cn2)cc1. The number of hydrogen-bond donors (Lipinski definition) is 0. The summed E-state index contributed by atoms with van der Waals surface area (Å²) in [5.41, 5.74) is 34.9. The van der Waals surface area contributed by atoms with Crippen molar-refractivity contribution in [3.8, 4) is 201 Å². The molecule has 6 nitrogen and oxygen atoms in total. The Labute approximate surface area is 664 Å². The molecule has 0 saturated heterocycles. The summed E-state index contributed by atoms with van der Waals surface area (Å²) in [6.45, 7) is 0. The standard InChI is InChI=1S/C108H72N6/c1-7-31-73(32-8-1)97-61-55-79(67-109-97)85-43-19-25-49-91(85)103-104(92-50-26-20-44-86(92)80-56-62-98(110-68-80)74-33-9-2-10-34-74)106(94-52-28-22-46-88(94)82-58-64-100(112-70-82)76-37-13-4-14-38-76)108(96-54-30-24-48-90(96)84-60-66-102(114-72-84)78-41-17-6-18-42-78)107(95-53-29-23-47-89(95)83-59-65-101(113-71-83)77-39-15-5-16-40-77)105(103)93-51-27-21-45-87(93)81-57-63-99(111-69-81)75-35-11-3-12-36-75/h1-72H. The molecule has 0 atom stereocenters. The normalized spacial score (nSPS) is 11.2. The van der Waals surface area contributed by atoms with Gasteiger partial charge in [0.25, 0.3) is 0 Å². The van der Waals surface area contributed by atoms with E-state index in [1.54, 1.807) is 0 Å². The van der Waals surface area contributed by atoms with Crippen molar-refractivity contribution in [1.29, 1.82) is 0 Å². The van der Waals surface area contributed by atoms with E-state index in [9.17, 15) is 0 Å². The van der Waals surface area contributed by atoms with Crippen LogP contribution < -0.4 is 0 Å². The van der Waals surface area contributed by atoms with Crippen molar-refractivity contribution < 1.29 is 0 Å². The highest BCUT2D eigenvalue weighted by Gasteiger charge is 2.35. The molecule has 19 rings (SSSR count). The van der Waals surface area contributed by atoms with Gasteiger partial charge in [0.2, 0.25) is 0 Å². The van der Waals surface area contributed by atoms with Gasteiger partial charge in [-0.1, -0.05) is 364 Å². The number of benzene rings is 13. The van der Waals surface area contributed by atoms with Crippen LogP contribution in [0.5, 0.6) is 0 Å². The average Bonchev–Trinajstić information content (AvgIpc) is 0.697. The van der Waals surface area contributed by atoms with Gasteiger partial charge in [0, 0.05) is 104 Å². The molecule has 0 bridgehead atoms. The Morgan fingerprint density at radius 2 is 0.219 bits per heavy atom. The molecule has 6 heteroatoms. The van der Waals surface area contributed by atoms with E-state index in [2.05, 4.69) is 401 Å².